The maximum Gasteiger partial charge on any atom is 0.255 e. The van der Waals surface area contributed by atoms with Gasteiger partial charge in [-0.15, -0.1) is 0 Å². The summed E-state index contributed by atoms with van der Waals surface area (Å²) >= 11 is 0. The van der Waals surface area contributed by atoms with E-state index in [1.54, 1.807) is 136 Å². The Hall–Kier alpha value is -15.2. The molecule has 1 aliphatic rings. The van der Waals surface area contributed by atoms with Gasteiger partial charge in [0, 0.05) is 152 Å². The van der Waals surface area contributed by atoms with Gasteiger partial charge in [-0.1, -0.05) is 36.4 Å². The number of nitrogens with one attached hydrogen (secondary N) is 4. The molecule has 4 aromatic heterocycles. The summed E-state index contributed by atoms with van der Waals surface area (Å²) in [6.45, 7) is 8.31. The molecule has 25 heteroatoms. The third-order valence-corrected chi connectivity index (χ3v) is 21.7. The highest BCUT2D eigenvalue weighted by Gasteiger charge is 2.19. The van der Waals surface area contributed by atoms with E-state index in [9.17, 15) is 23.6 Å². The van der Waals surface area contributed by atoms with Crippen LogP contribution in [0.25, 0.3) is 43.6 Å². The topological polar surface area (TPSA) is 223 Å². The number of carbonyl (C=O) groups is 4. The smallest absolute Gasteiger partial charge is 0.255 e. The van der Waals surface area contributed by atoms with Crippen LogP contribution in [0.15, 0.2) is 310 Å². The summed E-state index contributed by atoms with van der Waals surface area (Å²) in [7, 11) is 19.9. The van der Waals surface area contributed by atoms with E-state index in [4.69, 9.17) is 37.9 Å². The molecule has 4 amide bonds. The highest BCUT2D eigenvalue weighted by atomic mass is 19.1. The molecule has 0 aliphatic carbocycles. The lowest BCUT2D eigenvalue weighted by Crippen LogP contribution is -2.14. The van der Waals surface area contributed by atoms with Crippen LogP contribution in [0.2, 0.25) is 0 Å². The molecule has 0 saturated carbocycles. The average molecular weight is 1780 g/mol. The van der Waals surface area contributed by atoms with Crippen LogP contribution < -0.4 is 59.2 Å². The number of halogens is 1. The van der Waals surface area contributed by atoms with Crippen LogP contribution >= 0.6 is 0 Å². The van der Waals surface area contributed by atoms with Crippen molar-refractivity contribution in [1.29, 1.82) is 0 Å². The summed E-state index contributed by atoms with van der Waals surface area (Å²) in [5, 5.41) is 15.9. The third-order valence-electron chi connectivity index (χ3n) is 21.7. The van der Waals surface area contributed by atoms with Crippen LogP contribution in [0.3, 0.4) is 0 Å². The van der Waals surface area contributed by atoms with E-state index >= 15 is 0 Å². The van der Waals surface area contributed by atoms with Gasteiger partial charge in [0.25, 0.3) is 23.6 Å². The molecule has 0 bridgehead atoms. The molecule has 5 heterocycles. The van der Waals surface area contributed by atoms with Crippen LogP contribution in [0, 0.1) is 5.82 Å². The quantitative estimate of drug-likeness (QED) is 0.0294. The first kappa shape index (κ1) is 93.0. The highest BCUT2D eigenvalue weighted by Crippen LogP contribution is 2.37. The van der Waals surface area contributed by atoms with E-state index in [1.807, 2.05) is 103 Å². The monoisotopic (exact) mass is 1770 g/mol. The molecule has 4 N–H and O–H groups in total. The van der Waals surface area contributed by atoms with E-state index in [-0.39, 0.29) is 30.4 Å². The molecule has 16 aromatic rings. The standard InChI is InChI=1S/C27H27N3O4.2C27H29N3O3.C26H26FN3O2/c1-29(2)12-4-13-30-14-11-19-15-23(8-9-24(19)30)34-22-6-3-5-20(16-22)27(31)28-21-7-10-25-26(17-21)33-18-32-25;1-29(2)14-6-15-30-16-13-20-17-25(11-12-26(20)30)33-24-10-4-7-21(18-24)27(31)28-22-8-5-9-23(19-22)32-3;1-29(2)15-5-16-30-17-14-20-18-25(12-13-26(20)30)33-24-7-4-6-21(19-24)27(31)28-22-8-10-23(32-3)11-9-22;1-29(2)13-5-14-30-15-12-19-16-24(10-11-25(19)30)32-23-9-3-6-20(17-23)26(31)28-22-8-4-7-21(27)18-22/h3,5-11,14-17H,4,12-13,18H2,1-2H3,(H,28,31);4-5,7-13,16-19H,6,14-15H2,1-3H3,(H,28,31);4,6-14,17-19H,5,15-16H2,1-3H3,(H,28,31);3-4,6-12,15-18H,5,13-14H2,1-2H3,(H,28,31). The fourth-order valence-corrected chi connectivity index (χ4v) is 15.1. The molecule has 678 valence electrons. The van der Waals surface area contributed by atoms with Gasteiger partial charge in [0.05, 0.1) is 14.2 Å². The Bertz CT molecular complexity index is 6620. The molecule has 1 aliphatic heterocycles. The van der Waals surface area contributed by atoms with Crippen molar-refractivity contribution < 1.29 is 61.5 Å². The molecular formula is C107H111FN12O12. The van der Waals surface area contributed by atoms with Crippen molar-refractivity contribution >= 4 is 90.0 Å². The molecule has 17 rings (SSSR count). The van der Waals surface area contributed by atoms with E-state index in [0.29, 0.717) is 91.0 Å². The van der Waals surface area contributed by atoms with Gasteiger partial charge >= 0.3 is 0 Å². The number of fused-ring (bicyclic) bond motifs is 5. The van der Waals surface area contributed by atoms with E-state index in [2.05, 4.69) is 189 Å². The zero-order chi connectivity index (χ0) is 92.4. The number of anilines is 4. The predicted octanol–water partition coefficient (Wildman–Crippen LogP) is 22.4. The zero-order valence-corrected chi connectivity index (χ0v) is 76.0. The van der Waals surface area contributed by atoms with Crippen molar-refractivity contribution in [3.63, 3.8) is 0 Å². The maximum atomic E-state index is 13.4. The lowest BCUT2D eigenvalue weighted by molar-refractivity contribution is 0.101. The zero-order valence-electron chi connectivity index (χ0n) is 76.0. The van der Waals surface area contributed by atoms with Crippen molar-refractivity contribution in [3.05, 3.63) is 338 Å². The lowest BCUT2D eigenvalue weighted by Gasteiger charge is -2.11. The van der Waals surface area contributed by atoms with Crippen LogP contribution in [0.1, 0.15) is 67.1 Å². The second-order valence-electron chi connectivity index (χ2n) is 32.9. The molecule has 0 atom stereocenters. The first-order chi connectivity index (χ1) is 64.0. The summed E-state index contributed by atoms with van der Waals surface area (Å²) in [6, 6.07) is 86.6. The Morgan fingerprint density at radius 1 is 0.295 bits per heavy atom. The number of ether oxygens (including phenoxy) is 8. The minimum atomic E-state index is -0.401. The van der Waals surface area contributed by atoms with Crippen molar-refractivity contribution in [2.75, 3.05) is 125 Å². The number of aryl methyl sites for hydroxylation is 4. The Labute approximate surface area is 768 Å². The van der Waals surface area contributed by atoms with Gasteiger partial charge in [-0.05, 0) is 345 Å². The Kier molecular flexibility index (Phi) is 31.9. The Morgan fingerprint density at radius 2 is 0.583 bits per heavy atom. The Morgan fingerprint density at radius 3 is 0.924 bits per heavy atom. The molecule has 0 unspecified atom stereocenters. The first-order valence-corrected chi connectivity index (χ1v) is 43.8. The molecule has 0 spiro atoms. The van der Waals surface area contributed by atoms with E-state index in [1.165, 1.54) is 34.2 Å². The highest BCUT2D eigenvalue weighted by molar-refractivity contribution is 6.07. The summed E-state index contributed by atoms with van der Waals surface area (Å²) in [5.74, 6) is 6.64. The molecule has 24 nitrogen and oxygen atoms in total. The minimum absolute atomic E-state index is 0.194. The van der Waals surface area contributed by atoms with Gasteiger partial charge in [0.2, 0.25) is 6.79 Å². The fourth-order valence-electron chi connectivity index (χ4n) is 15.1. The fraction of sp³-hybridized carbons (Fsp3) is 0.215. The van der Waals surface area contributed by atoms with Gasteiger partial charge in [-0.25, -0.2) is 4.39 Å². The minimum Gasteiger partial charge on any atom is -0.497 e. The normalized spacial score (nSPS) is 11.4. The van der Waals surface area contributed by atoms with Crippen LogP contribution in [-0.4, -0.2) is 165 Å². The number of methoxy groups -OCH3 is 2. The number of hydrogen-bond donors (Lipinski definition) is 4. The summed E-state index contributed by atoms with van der Waals surface area (Å²) in [6.07, 6.45) is 12.8. The number of benzene rings is 12. The molecule has 0 radical (unpaired) electrons. The second kappa shape index (κ2) is 45.2. The predicted molar refractivity (Wildman–Crippen MR) is 523 cm³/mol. The molecule has 0 saturated heterocycles. The van der Waals surface area contributed by atoms with Crippen molar-refractivity contribution in [1.82, 2.24) is 37.9 Å². The number of hydrogen-bond acceptors (Lipinski definition) is 16. The van der Waals surface area contributed by atoms with Gasteiger partial charge in [-0.2, -0.15) is 0 Å². The SMILES string of the molecule is CN(C)CCCn1ccc2cc(Oc3cccc(C(=O)Nc4ccc5c(c4)OCO5)c3)ccc21.CN(C)CCCn1ccc2cc(Oc3cccc(C(=O)Nc4cccc(F)c4)c3)ccc21.COc1ccc(NC(=O)c2cccc(Oc3ccc4c(ccn4CCCN(C)C)c3)c2)cc1.COc1cccc(NC(=O)c2cccc(Oc3ccc4c(ccn4CCCN(C)C)c3)c2)c1. The molecule has 132 heavy (non-hydrogen) atoms. The molecule has 0 fully saturated rings. The first-order valence-electron chi connectivity index (χ1n) is 43.8. The van der Waals surface area contributed by atoms with Gasteiger partial charge < -0.3 is 97.0 Å². The molecule has 12 aromatic carbocycles. The maximum absolute atomic E-state index is 13.4. The summed E-state index contributed by atoms with van der Waals surface area (Å²) < 4.78 is 67.7. The number of amides is 4. The lowest BCUT2D eigenvalue weighted by atomic mass is 10.2. The third kappa shape index (κ3) is 26.3. The number of aromatic nitrogens is 4. The second-order valence-corrected chi connectivity index (χ2v) is 32.9. The van der Waals surface area contributed by atoms with Crippen LogP contribution in [0.5, 0.6) is 69.0 Å². The van der Waals surface area contributed by atoms with Crippen molar-refractivity contribution in [3.8, 4) is 69.0 Å². The molecular weight excluding hydrogens is 1660 g/mol. The van der Waals surface area contributed by atoms with Crippen LogP contribution in [-0.2, 0) is 26.2 Å². The average Bonchev–Trinajstić information content (AvgIpc) is 1.68. The van der Waals surface area contributed by atoms with Gasteiger partial charge in [0.15, 0.2) is 11.5 Å². The summed E-state index contributed by atoms with van der Waals surface area (Å²) in [4.78, 5) is 59.5. The van der Waals surface area contributed by atoms with Crippen molar-refractivity contribution in [2.45, 2.75) is 51.9 Å². The number of carbonyl (C=O) groups excluding carboxylic acids is 4. The van der Waals surface area contributed by atoms with Gasteiger partial charge in [-0.3, -0.25) is 19.2 Å². The van der Waals surface area contributed by atoms with Crippen molar-refractivity contribution in [2.24, 2.45) is 0 Å². The number of nitrogens with zero attached hydrogens (tertiary/aromatic N) is 8. The van der Waals surface area contributed by atoms with E-state index in [0.717, 1.165) is 123 Å². The summed E-state index contributed by atoms with van der Waals surface area (Å²) in [5.41, 5.74) is 9.12. The van der Waals surface area contributed by atoms with E-state index < -0.39 is 5.82 Å². The Balaban J connectivity index is 0.000000142. The van der Waals surface area contributed by atoms with Crippen LogP contribution in [0.4, 0.5) is 27.1 Å². The van der Waals surface area contributed by atoms with Gasteiger partial charge in [0.1, 0.15) is 63.3 Å². The largest absolute Gasteiger partial charge is 0.497 e. The number of rotatable bonds is 34.